The lowest BCUT2D eigenvalue weighted by atomic mass is 9.97. The number of esters is 2. The van der Waals surface area contributed by atoms with E-state index in [1.807, 2.05) is 164 Å². The summed E-state index contributed by atoms with van der Waals surface area (Å²) in [6.07, 6.45) is 0.345. The van der Waals surface area contributed by atoms with Gasteiger partial charge >= 0.3 is 34.3 Å². The Bertz CT molecular complexity index is 4950. The summed E-state index contributed by atoms with van der Waals surface area (Å²) in [5.41, 5.74) is 2.87. The van der Waals surface area contributed by atoms with Crippen LogP contribution >= 0.6 is 91.8 Å². The SMILES string of the molecule is CC(C)(C)OC(=O)C(C(=O)Nc1ccc2ccccc2c1)c1csc2ccc(Cl)cc12.CC(C)(C)OC(=O)Cc1csc2ccc(Cl)cc12.O=C(O)C(C(=O)Nc1ccc2ccccc2c1)c1csc2ccc(Cl)cc12.O=C(O)Cc1csc2ccc(Cl)cc12.O=S(=O)(O)O. The summed E-state index contributed by atoms with van der Waals surface area (Å²) >= 11 is 30.1. The zero-order valence-electron chi connectivity index (χ0n) is 51.3. The average Bonchev–Trinajstić information content (AvgIpc) is 1.72. The van der Waals surface area contributed by atoms with Crippen LogP contribution in [0.3, 0.4) is 0 Å². The number of benzene rings is 8. The third-order valence-corrected chi connectivity index (χ3v) is 18.5. The second-order valence-corrected chi connectivity index (χ2v) is 29.4. The van der Waals surface area contributed by atoms with Gasteiger partial charge in [0, 0.05) is 50.3 Å². The number of carbonyl (C=O) groups excluding carboxylic acids is 4. The quantitative estimate of drug-likeness (QED) is 0.0378. The first-order valence-electron chi connectivity index (χ1n) is 28.6. The van der Waals surface area contributed by atoms with Crippen LogP contribution in [0.25, 0.3) is 61.9 Å². The molecule has 12 aromatic rings. The van der Waals surface area contributed by atoms with Crippen LogP contribution in [-0.2, 0) is 61.5 Å². The molecule has 4 heterocycles. The molecule has 6 N–H and O–H groups in total. The highest BCUT2D eigenvalue weighted by Gasteiger charge is 2.35. The number of fused-ring (bicyclic) bond motifs is 6. The summed E-state index contributed by atoms with van der Waals surface area (Å²) in [6.45, 7) is 11.0. The van der Waals surface area contributed by atoms with Gasteiger partial charge in [-0.1, -0.05) is 107 Å². The van der Waals surface area contributed by atoms with Crippen LogP contribution in [0.1, 0.15) is 75.6 Å². The molecule has 8 aromatic carbocycles. The largest absolute Gasteiger partial charge is 0.481 e. The monoisotopic (exact) mass is 1450 g/mol. The highest BCUT2D eigenvalue weighted by Crippen LogP contribution is 2.38. The summed E-state index contributed by atoms with van der Waals surface area (Å²) in [4.78, 5) is 73.5. The lowest BCUT2D eigenvalue weighted by Gasteiger charge is -2.23. The molecule has 12 rings (SSSR count). The van der Waals surface area contributed by atoms with Gasteiger partial charge in [0.2, 0.25) is 11.8 Å². The Morgan fingerprint density at radius 1 is 0.453 bits per heavy atom. The van der Waals surface area contributed by atoms with Gasteiger partial charge in [0.1, 0.15) is 11.2 Å². The Kier molecular flexibility index (Phi) is 24.3. The molecule has 0 fully saturated rings. The highest BCUT2D eigenvalue weighted by atomic mass is 35.5. The van der Waals surface area contributed by atoms with E-state index in [0.29, 0.717) is 48.0 Å². The molecule has 0 radical (unpaired) electrons. The summed E-state index contributed by atoms with van der Waals surface area (Å²) in [6, 6.07) is 48.8. The fourth-order valence-corrected chi connectivity index (χ4v) is 14.2. The van der Waals surface area contributed by atoms with Gasteiger partial charge in [0.15, 0.2) is 11.8 Å². The van der Waals surface area contributed by atoms with Crippen molar-refractivity contribution in [3.63, 3.8) is 0 Å². The van der Waals surface area contributed by atoms with Crippen molar-refractivity contribution in [2.75, 3.05) is 10.6 Å². The molecule has 95 heavy (non-hydrogen) atoms. The van der Waals surface area contributed by atoms with Gasteiger partial charge in [-0.05, 0) is 225 Å². The standard InChI is InChI=1S/C25H22ClNO3S.C21H14ClNO3S.C14H15ClO2S.C10H7ClO2S.H2O4S/c1-25(2,3)30-24(29)22(20-14-31-21-11-9-17(26)13-19(20)21)23(28)27-18-10-8-15-6-4-5-7-16(15)12-18;22-14-6-8-18-16(10-14)17(11-27-18)19(21(25)26)20(24)23-15-7-5-12-3-1-2-4-13(12)9-15;1-14(2,3)17-13(16)6-9-8-18-12-5-4-10(15)7-11(9)12;11-7-1-2-9-8(4-7)6(5-14-9)3-10(12)13;1-5(2,3)4/h4-14,22H,1-3H3,(H,27,28);1-11,19H,(H,23,24)(H,25,26);4-5,7-8H,6H2,1-3H3;1-2,4-5H,3H2,(H,12,13);(H2,1,2,3,4). The van der Waals surface area contributed by atoms with Crippen molar-refractivity contribution in [1.82, 2.24) is 0 Å². The predicted octanol–water partition coefficient (Wildman–Crippen LogP) is 19.3. The van der Waals surface area contributed by atoms with Crippen LogP contribution in [0, 0.1) is 0 Å². The molecule has 2 unspecified atom stereocenters. The van der Waals surface area contributed by atoms with Gasteiger partial charge in [-0.3, -0.25) is 37.9 Å². The molecule has 4 aromatic heterocycles. The molecule has 0 saturated heterocycles. The number of anilines is 2. The Hall–Kier alpha value is -8.03. The van der Waals surface area contributed by atoms with Gasteiger partial charge < -0.3 is 30.3 Å². The van der Waals surface area contributed by atoms with Crippen molar-refractivity contribution in [2.24, 2.45) is 0 Å². The molecule has 2 amide bonds. The van der Waals surface area contributed by atoms with Crippen molar-refractivity contribution >= 4 is 211 Å². The van der Waals surface area contributed by atoms with Crippen molar-refractivity contribution in [2.45, 2.75) is 77.4 Å². The highest BCUT2D eigenvalue weighted by molar-refractivity contribution is 7.79. The molecule has 0 aliphatic heterocycles. The Morgan fingerprint density at radius 2 is 0.800 bits per heavy atom. The zero-order chi connectivity index (χ0) is 69.1. The number of thiophene rings is 4. The number of carbonyl (C=O) groups is 6. The number of rotatable bonds is 12. The summed E-state index contributed by atoms with van der Waals surface area (Å²) in [5.74, 6) is -6.27. The Labute approximate surface area is 582 Å². The summed E-state index contributed by atoms with van der Waals surface area (Å²) in [7, 11) is -4.67. The second kappa shape index (κ2) is 31.7. The number of carboxylic acid groups (broad SMARTS) is 2. The Balaban J connectivity index is 0.000000164. The molecule has 25 heteroatoms. The maximum atomic E-state index is 13.4. The van der Waals surface area contributed by atoms with E-state index in [-0.39, 0.29) is 18.8 Å². The van der Waals surface area contributed by atoms with Crippen LogP contribution in [-0.4, -0.2) is 74.6 Å². The predicted molar refractivity (Wildman–Crippen MR) is 387 cm³/mol. The van der Waals surface area contributed by atoms with E-state index in [9.17, 15) is 33.9 Å². The van der Waals surface area contributed by atoms with Gasteiger partial charge in [-0.25, -0.2) is 0 Å². The first-order valence-corrected chi connectivity index (χ1v) is 35.0. The van der Waals surface area contributed by atoms with Crippen molar-refractivity contribution in [3.05, 3.63) is 222 Å². The number of amides is 2. The van der Waals surface area contributed by atoms with Crippen LogP contribution in [0.15, 0.2) is 179 Å². The minimum Gasteiger partial charge on any atom is -0.481 e. The normalized spacial score (nSPS) is 12.0. The maximum absolute atomic E-state index is 13.4. The molecular formula is C70H60Cl4N2O14S5. The van der Waals surface area contributed by atoms with Crippen molar-refractivity contribution < 1.29 is 66.0 Å². The van der Waals surface area contributed by atoms with Gasteiger partial charge in [0.05, 0.1) is 12.8 Å². The van der Waals surface area contributed by atoms with Crippen LogP contribution in [0.2, 0.25) is 20.1 Å². The van der Waals surface area contributed by atoms with Gasteiger partial charge in [-0.2, -0.15) is 8.42 Å². The third-order valence-electron chi connectivity index (χ3n) is 13.5. The molecular weight excluding hydrogens is 1390 g/mol. The minimum atomic E-state index is -4.67. The van der Waals surface area contributed by atoms with Crippen molar-refractivity contribution in [1.29, 1.82) is 0 Å². The Morgan fingerprint density at radius 3 is 1.19 bits per heavy atom. The minimum absolute atomic E-state index is 0.0559. The summed E-state index contributed by atoms with van der Waals surface area (Å²) in [5, 5.41) is 41.3. The summed E-state index contributed by atoms with van der Waals surface area (Å²) < 4.78 is 46.6. The van der Waals surface area contributed by atoms with E-state index >= 15 is 0 Å². The number of hydrogen-bond acceptors (Lipinski definition) is 14. The van der Waals surface area contributed by atoms with Crippen LogP contribution in [0.5, 0.6) is 0 Å². The molecule has 16 nitrogen and oxygen atoms in total. The maximum Gasteiger partial charge on any atom is 0.394 e. The molecule has 492 valence electrons. The number of hydrogen-bond donors (Lipinski definition) is 6. The lowest BCUT2D eigenvalue weighted by Crippen LogP contribution is -2.34. The smallest absolute Gasteiger partial charge is 0.394 e. The molecule has 0 saturated carbocycles. The average molecular weight is 1460 g/mol. The zero-order valence-corrected chi connectivity index (χ0v) is 58.4. The topological polar surface area (TPSA) is 260 Å². The number of carboxylic acids is 2. The number of nitrogens with one attached hydrogen (secondary N) is 2. The first kappa shape index (κ1) is 72.8. The first-order chi connectivity index (χ1) is 44.7. The fraction of sp³-hybridized carbons (Fsp3) is 0.171. The van der Waals surface area contributed by atoms with Crippen LogP contribution in [0.4, 0.5) is 11.4 Å². The van der Waals surface area contributed by atoms with E-state index in [0.717, 1.165) is 67.6 Å². The van der Waals surface area contributed by atoms with Crippen LogP contribution < -0.4 is 10.6 Å². The molecule has 2 atom stereocenters. The number of halogens is 4. The number of aliphatic carboxylic acids is 2. The van der Waals surface area contributed by atoms with Crippen molar-refractivity contribution in [3.8, 4) is 0 Å². The molecule has 0 spiro atoms. The van der Waals surface area contributed by atoms with E-state index in [4.69, 9.17) is 78.5 Å². The van der Waals surface area contributed by atoms with E-state index in [2.05, 4.69) is 10.6 Å². The lowest BCUT2D eigenvalue weighted by molar-refractivity contribution is -0.158. The fourth-order valence-electron chi connectivity index (χ4n) is 9.65. The van der Waals surface area contributed by atoms with Gasteiger partial charge in [-0.15, -0.1) is 45.3 Å². The van der Waals surface area contributed by atoms with Gasteiger partial charge in [0.25, 0.3) is 0 Å². The third kappa shape index (κ3) is 21.0. The second-order valence-electron chi connectivity index (χ2n) is 23.1. The van der Waals surface area contributed by atoms with E-state index in [1.165, 1.54) is 22.7 Å². The molecule has 0 aliphatic carbocycles. The van der Waals surface area contributed by atoms with E-state index in [1.54, 1.807) is 79.2 Å². The number of ether oxygens (including phenoxy) is 2. The van der Waals surface area contributed by atoms with E-state index < -0.39 is 63.2 Å². The molecule has 0 bridgehead atoms. The molecule has 0 aliphatic rings.